The van der Waals surface area contributed by atoms with Crippen LogP contribution in [0, 0.1) is 5.92 Å². The van der Waals surface area contributed by atoms with Gasteiger partial charge in [-0.15, -0.1) is 0 Å². The number of ether oxygens (including phenoxy) is 1. The Morgan fingerprint density at radius 1 is 1.30 bits per heavy atom. The summed E-state index contributed by atoms with van der Waals surface area (Å²) >= 11 is 4.95. The summed E-state index contributed by atoms with van der Waals surface area (Å²) in [5, 5.41) is 2.52. The molecule has 2 amide bonds. The van der Waals surface area contributed by atoms with Crippen LogP contribution in [0.2, 0.25) is 0 Å². The summed E-state index contributed by atoms with van der Waals surface area (Å²) in [6.07, 6.45) is 1.94. The Bertz CT molecular complexity index is 588. The third-order valence-electron chi connectivity index (χ3n) is 2.62. The molecule has 3 N–H and O–H groups in total. The maximum atomic E-state index is 12.1. The van der Waals surface area contributed by atoms with Gasteiger partial charge < -0.3 is 10.1 Å². The largest absolute Gasteiger partial charge is 0.489 e. The minimum atomic E-state index is -0.426. The van der Waals surface area contributed by atoms with Gasteiger partial charge in [0.05, 0.1) is 5.56 Å². The van der Waals surface area contributed by atoms with Crippen LogP contribution in [0.1, 0.15) is 30.6 Å². The van der Waals surface area contributed by atoms with Gasteiger partial charge in [0.25, 0.3) is 5.91 Å². The van der Waals surface area contributed by atoms with E-state index in [0.717, 1.165) is 0 Å². The molecule has 0 aromatic heterocycles. The molecule has 1 aromatic rings. The first-order valence-corrected chi connectivity index (χ1v) is 7.57. The molecule has 0 radical (unpaired) electrons. The van der Waals surface area contributed by atoms with E-state index in [4.69, 9.17) is 17.0 Å². The van der Waals surface area contributed by atoms with Gasteiger partial charge in [0, 0.05) is 6.42 Å². The van der Waals surface area contributed by atoms with E-state index in [1.807, 2.05) is 13.8 Å². The molecule has 0 aliphatic heterocycles. The molecule has 1 aromatic carbocycles. The third kappa shape index (κ3) is 6.92. The number of hydrazine groups is 1. The Labute approximate surface area is 141 Å². The molecule has 0 aliphatic carbocycles. The topological polar surface area (TPSA) is 79.5 Å². The van der Waals surface area contributed by atoms with E-state index in [-0.39, 0.29) is 16.9 Å². The molecule has 1 rings (SSSR count). The summed E-state index contributed by atoms with van der Waals surface area (Å²) in [4.78, 5) is 23.7. The summed E-state index contributed by atoms with van der Waals surface area (Å²) in [5.41, 5.74) is 5.26. The number of para-hydroxylation sites is 1. The van der Waals surface area contributed by atoms with Gasteiger partial charge in [0.2, 0.25) is 5.91 Å². The number of carbonyl (C=O) groups excluding carboxylic acids is 2. The molecule has 0 spiro atoms. The summed E-state index contributed by atoms with van der Waals surface area (Å²) in [6.45, 7) is 7.71. The average molecular weight is 335 g/mol. The second-order valence-corrected chi connectivity index (χ2v) is 5.56. The molecule has 0 heterocycles. The summed E-state index contributed by atoms with van der Waals surface area (Å²) in [7, 11) is 0. The Morgan fingerprint density at radius 3 is 2.65 bits per heavy atom. The van der Waals surface area contributed by atoms with Crippen LogP contribution in [-0.2, 0) is 4.79 Å². The number of rotatable bonds is 6. The highest BCUT2D eigenvalue weighted by molar-refractivity contribution is 7.80. The lowest BCUT2D eigenvalue weighted by atomic mass is 10.1. The molecule has 0 saturated heterocycles. The molecule has 0 bridgehead atoms. The fourth-order valence-electron chi connectivity index (χ4n) is 1.69. The van der Waals surface area contributed by atoms with Crippen molar-refractivity contribution in [3.05, 3.63) is 42.5 Å². The normalized spacial score (nSPS) is 9.87. The predicted octanol–water partition coefficient (Wildman–Crippen LogP) is 1.93. The van der Waals surface area contributed by atoms with Gasteiger partial charge in [-0.25, -0.2) is 0 Å². The van der Waals surface area contributed by atoms with Gasteiger partial charge in [-0.2, -0.15) is 0 Å². The fraction of sp³-hybridized carbons (Fsp3) is 0.312. The summed E-state index contributed by atoms with van der Waals surface area (Å²) in [6, 6.07) is 6.79. The molecule has 124 valence electrons. The number of hydrogen-bond acceptors (Lipinski definition) is 4. The van der Waals surface area contributed by atoms with Gasteiger partial charge in [-0.3, -0.25) is 20.4 Å². The minimum absolute atomic E-state index is 0.0356. The van der Waals surface area contributed by atoms with Crippen LogP contribution in [0.25, 0.3) is 0 Å². The van der Waals surface area contributed by atoms with Crippen molar-refractivity contribution in [3.8, 4) is 5.75 Å². The number of benzene rings is 1. The van der Waals surface area contributed by atoms with Crippen molar-refractivity contribution in [3.63, 3.8) is 0 Å². The van der Waals surface area contributed by atoms with Crippen molar-refractivity contribution in [1.29, 1.82) is 0 Å². The predicted molar refractivity (Wildman–Crippen MR) is 92.9 cm³/mol. The molecule has 6 nitrogen and oxygen atoms in total. The van der Waals surface area contributed by atoms with Crippen molar-refractivity contribution < 1.29 is 14.3 Å². The SMILES string of the molecule is C=CCOc1ccccc1C(=O)NNC(=S)NC(=O)CC(C)C. The molecule has 23 heavy (non-hydrogen) atoms. The van der Waals surface area contributed by atoms with Crippen molar-refractivity contribution in [2.24, 2.45) is 5.92 Å². The Kier molecular flexibility index (Phi) is 7.76. The van der Waals surface area contributed by atoms with Crippen molar-refractivity contribution in [2.45, 2.75) is 20.3 Å². The van der Waals surface area contributed by atoms with Crippen LogP contribution < -0.4 is 20.9 Å². The first kappa shape index (κ1) is 18.6. The lowest BCUT2D eigenvalue weighted by molar-refractivity contribution is -0.120. The van der Waals surface area contributed by atoms with E-state index >= 15 is 0 Å². The second-order valence-electron chi connectivity index (χ2n) is 5.15. The number of nitrogens with one attached hydrogen (secondary N) is 3. The Morgan fingerprint density at radius 2 is 2.00 bits per heavy atom. The van der Waals surface area contributed by atoms with Crippen LogP contribution in [0.5, 0.6) is 5.75 Å². The van der Waals surface area contributed by atoms with Gasteiger partial charge in [-0.1, -0.05) is 38.6 Å². The van der Waals surface area contributed by atoms with E-state index in [2.05, 4.69) is 22.7 Å². The van der Waals surface area contributed by atoms with Crippen LogP contribution in [-0.4, -0.2) is 23.5 Å². The number of hydrogen-bond donors (Lipinski definition) is 3. The molecular formula is C16H21N3O3S. The molecule has 0 fully saturated rings. The maximum Gasteiger partial charge on any atom is 0.273 e. The molecule has 0 saturated carbocycles. The summed E-state index contributed by atoms with van der Waals surface area (Å²) in [5.74, 6) is 0.0225. The standard InChI is InChI=1S/C16H21N3O3S/c1-4-9-22-13-8-6-5-7-12(13)15(21)18-19-16(23)17-14(20)10-11(2)3/h4-8,11H,1,9-10H2,2-3H3,(H,18,21)(H2,17,19,20,23). The van der Waals surface area contributed by atoms with Crippen molar-refractivity contribution in [2.75, 3.05) is 6.61 Å². The highest BCUT2D eigenvalue weighted by Crippen LogP contribution is 2.17. The second kappa shape index (κ2) is 9.58. The van der Waals surface area contributed by atoms with E-state index in [1.54, 1.807) is 30.3 Å². The molecule has 0 aliphatic rings. The maximum absolute atomic E-state index is 12.1. The highest BCUT2D eigenvalue weighted by Gasteiger charge is 2.12. The average Bonchev–Trinajstić information content (AvgIpc) is 2.50. The van der Waals surface area contributed by atoms with E-state index in [9.17, 15) is 9.59 Å². The highest BCUT2D eigenvalue weighted by atomic mass is 32.1. The van der Waals surface area contributed by atoms with Gasteiger partial charge in [0.15, 0.2) is 5.11 Å². The van der Waals surface area contributed by atoms with Crippen LogP contribution in [0.4, 0.5) is 0 Å². The van der Waals surface area contributed by atoms with Gasteiger partial charge in [-0.05, 0) is 30.3 Å². The molecule has 0 unspecified atom stereocenters. The zero-order valence-electron chi connectivity index (χ0n) is 13.2. The smallest absolute Gasteiger partial charge is 0.273 e. The number of thiocarbonyl (C=S) groups is 1. The van der Waals surface area contributed by atoms with Gasteiger partial charge in [0.1, 0.15) is 12.4 Å². The lowest BCUT2D eigenvalue weighted by Crippen LogP contribution is -2.48. The first-order chi connectivity index (χ1) is 10.9. The van der Waals surface area contributed by atoms with Crippen LogP contribution in [0.3, 0.4) is 0 Å². The van der Waals surface area contributed by atoms with Crippen molar-refractivity contribution in [1.82, 2.24) is 16.2 Å². The van der Waals surface area contributed by atoms with Gasteiger partial charge >= 0.3 is 0 Å². The minimum Gasteiger partial charge on any atom is -0.489 e. The Balaban J connectivity index is 2.55. The van der Waals surface area contributed by atoms with Crippen LogP contribution >= 0.6 is 12.2 Å². The molecular weight excluding hydrogens is 314 g/mol. The number of carbonyl (C=O) groups is 2. The zero-order chi connectivity index (χ0) is 17.2. The quantitative estimate of drug-likeness (QED) is 0.421. The van der Waals surface area contributed by atoms with E-state index < -0.39 is 5.91 Å². The third-order valence-corrected chi connectivity index (χ3v) is 2.83. The van der Waals surface area contributed by atoms with Crippen LogP contribution in [0.15, 0.2) is 36.9 Å². The molecule has 7 heteroatoms. The monoisotopic (exact) mass is 335 g/mol. The first-order valence-electron chi connectivity index (χ1n) is 7.17. The molecule has 0 atom stereocenters. The Hall–Kier alpha value is -2.41. The fourth-order valence-corrected chi connectivity index (χ4v) is 1.85. The van der Waals surface area contributed by atoms with Crippen molar-refractivity contribution >= 4 is 29.1 Å². The lowest BCUT2D eigenvalue weighted by Gasteiger charge is -2.13. The zero-order valence-corrected chi connectivity index (χ0v) is 14.0. The van der Waals surface area contributed by atoms with E-state index in [0.29, 0.717) is 24.3 Å². The summed E-state index contributed by atoms with van der Waals surface area (Å²) < 4.78 is 5.41. The van der Waals surface area contributed by atoms with E-state index in [1.165, 1.54) is 0 Å². The number of amides is 2.